The van der Waals surface area contributed by atoms with E-state index in [1.165, 1.54) is 218 Å². The fourth-order valence-corrected chi connectivity index (χ4v) is 10.2. The Hall–Kier alpha value is -3.15. The van der Waals surface area contributed by atoms with E-state index in [2.05, 4.69) is 93.7 Å². The van der Waals surface area contributed by atoms with Gasteiger partial charge in [0.05, 0.1) is 0 Å². The third kappa shape index (κ3) is 65.7. The van der Waals surface area contributed by atoms with Crippen LogP contribution in [0.15, 0.2) is 72.9 Å². The number of carbonyl (C=O) groups excluding carboxylic acids is 3. The Morgan fingerprint density at radius 2 is 0.500 bits per heavy atom. The van der Waals surface area contributed by atoms with Crippen LogP contribution in [-0.4, -0.2) is 37.2 Å². The van der Waals surface area contributed by atoms with E-state index in [1.54, 1.807) is 0 Å². The molecule has 0 aromatic heterocycles. The van der Waals surface area contributed by atoms with Crippen LogP contribution in [0.2, 0.25) is 0 Å². The third-order valence-corrected chi connectivity index (χ3v) is 15.4. The predicted octanol–water partition coefficient (Wildman–Crippen LogP) is 24.1. The van der Waals surface area contributed by atoms with Gasteiger partial charge in [0.15, 0.2) is 6.10 Å². The quantitative estimate of drug-likeness (QED) is 0.0261. The van der Waals surface area contributed by atoms with Crippen molar-refractivity contribution in [2.45, 2.75) is 367 Å². The zero-order valence-corrected chi connectivity index (χ0v) is 53.3. The molecular formula is C74H132O6. The van der Waals surface area contributed by atoms with Crippen LogP contribution in [0, 0.1) is 0 Å². The first-order valence-corrected chi connectivity index (χ1v) is 34.9. The largest absolute Gasteiger partial charge is 0.462 e. The monoisotopic (exact) mass is 1120 g/mol. The first kappa shape index (κ1) is 76.9. The lowest BCUT2D eigenvalue weighted by Gasteiger charge is -2.18. The van der Waals surface area contributed by atoms with E-state index in [0.717, 1.165) is 103 Å². The maximum atomic E-state index is 13.0. The van der Waals surface area contributed by atoms with Gasteiger partial charge in [0.2, 0.25) is 0 Å². The molecule has 0 saturated carbocycles. The zero-order valence-electron chi connectivity index (χ0n) is 53.3. The van der Waals surface area contributed by atoms with Crippen molar-refractivity contribution in [1.82, 2.24) is 0 Å². The number of hydrogen-bond acceptors (Lipinski definition) is 6. The molecule has 6 nitrogen and oxygen atoms in total. The predicted molar refractivity (Wildman–Crippen MR) is 348 cm³/mol. The van der Waals surface area contributed by atoms with Crippen LogP contribution < -0.4 is 0 Å². The van der Waals surface area contributed by atoms with Gasteiger partial charge in [0.25, 0.3) is 0 Å². The average Bonchev–Trinajstić information content (AvgIpc) is 3.46. The molecule has 0 aliphatic rings. The summed E-state index contributed by atoms with van der Waals surface area (Å²) in [5.41, 5.74) is 0. The SMILES string of the molecule is CC/C=C\C/C=C\C/C=C\C/C=C\CCCCCCCCCCCCC(=O)OC(COC(=O)CCCCCCC/C=C\C/C=C\CCCC)COC(=O)CCCCCCCCCCCCCCCCCCCCCCCCCCC. The molecule has 0 N–H and O–H groups in total. The highest BCUT2D eigenvalue weighted by Gasteiger charge is 2.19. The van der Waals surface area contributed by atoms with Crippen molar-refractivity contribution in [1.29, 1.82) is 0 Å². The minimum atomic E-state index is -0.784. The lowest BCUT2D eigenvalue weighted by Crippen LogP contribution is -2.30. The Balaban J connectivity index is 4.28. The van der Waals surface area contributed by atoms with Gasteiger partial charge in [-0.3, -0.25) is 14.4 Å². The Kier molecular flexibility index (Phi) is 65.7. The second-order valence-corrected chi connectivity index (χ2v) is 23.4. The first-order chi connectivity index (χ1) is 39.5. The molecule has 0 fully saturated rings. The fraction of sp³-hybridized carbons (Fsp3) is 0.797. The summed E-state index contributed by atoms with van der Waals surface area (Å²) in [5.74, 6) is -0.876. The van der Waals surface area contributed by atoms with Gasteiger partial charge in [-0.05, 0) is 83.5 Å². The second-order valence-electron chi connectivity index (χ2n) is 23.4. The maximum absolute atomic E-state index is 13.0. The number of carbonyl (C=O) groups is 3. The summed E-state index contributed by atoms with van der Waals surface area (Å²) in [5, 5.41) is 0. The van der Waals surface area contributed by atoms with Gasteiger partial charge >= 0.3 is 17.9 Å². The van der Waals surface area contributed by atoms with E-state index in [0.29, 0.717) is 19.3 Å². The van der Waals surface area contributed by atoms with E-state index < -0.39 is 6.10 Å². The summed E-state index contributed by atoms with van der Waals surface area (Å²) < 4.78 is 17.0. The van der Waals surface area contributed by atoms with Gasteiger partial charge in [0.1, 0.15) is 13.2 Å². The molecule has 0 rings (SSSR count). The third-order valence-electron chi connectivity index (χ3n) is 15.4. The highest BCUT2D eigenvalue weighted by Crippen LogP contribution is 2.18. The summed E-state index contributed by atoms with van der Waals surface area (Å²) in [4.78, 5) is 38.4. The molecule has 0 radical (unpaired) electrons. The topological polar surface area (TPSA) is 78.9 Å². The molecule has 6 heteroatoms. The summed E-state index contributed by atoms with van der Waals surface area (Å²) >= 11 is 0. The van der Waals surface area contributed by atoms with Crippen molar-refractivity contribution in [2.75, 3.05) is 13.2 Å². The molecule has 0 bridgehead atoms. The number of allylic oxidation sites excluding steroid dienone is 12. The van der Waals surface area contributed by atoms with Crippen molar-refractivity contribution < 1.29 is 28.6 Å². The maximum Gasteiger partial charge on any atom is 0.306 e. The van der Waals surface area contributed by atoms with E-state index in [4.69, 9.17) is 14.2 Å². The molecule has 1 unspecified atom stereocenters. The van der Waals surface area contributed by atoms with Crippen LogP contribution in [-0.2, 0) is 28.6 Å². The fourth-order valence-electron chi connectivity index (χ4n) is 10.2. The molecule has 464 valence electrons. The van der Waals surface area contributed by atoms with Gasteiger partial charge in [-0.25, -0.2) is 0 Å². The van der Waals surface area contributed by atoms with Gasteiger partial charge in [-0.2, -0.15) is 0 Å². The van der Waals surface area contributed by atoms with Crippen LogP contribution in [0.3, 0.4) is 0 Å². The summed E-state index contributed by atoms with van der Waals surface area (Å²) in [6, 6.07) is 0. The minimum absolute atomic E-state index is 0.0781. The van der Waals surface area contributed by atoms with E-state index in [1.807, 2.05) is 0 Å². The van der Waals surface area contributed by atoms with Crippen LogP contribution in [0.1, 0.15) is 361 Å². The van der Waals surface area contributed by atoms with E-state index in [9.17, 15) is 14.4 Å². The Morgan fingerprint density at radius 1 is 0.263 bits per heavy atom. The number of rotatable bonds is 64. The van der Waals surface area contributed by atoms with Crippen LogP contribution >= 0.6 is 0 Å². The van der Waals surface area contributed by atoms with Crippen molar-refractivity contribution in [3.05, 3.63) is 72.9 Å². The Morgan fingerprint density at radius 3 is 0.800 bits per heavy atom. The van der Waals surface area contributed by atoms with Crippen molar-refractivity contribution in [3.63, 3.8) is 0 Å². The van der Waals surface area contributed by atoms with Gasteiger partial charge in [0, 0.05) is 19.3 Å². The molecule has 0 aliphatic heterocycles. The zero-order chi connectivity index (χ0) is 57.8. The first-order valence-electron chi connectivity index (χ1n) is 34.9. The smallest absolute Gasteiger partial charge is 0.306 e. The van der Waals surface area contributed by atoms with Crippen molar-refractivity contribution >= 4 is 17.9 Å². The molecule has 0 aromatic rings. The summed E-state index contributed by atoms with van der Waals surface area (Å²) in [6.07, 6.45) is 89.3. The van der Waals surface area contributed by atoms with E-state index in [-0.39, 0.29) is 31.1 Å². The molecule has 0 heterocycles. The van der Waals surface area contributed by atoms with Crippen molar-refractivity contribution in [3.8, 4) is 0 Å². The van der Waals surface area contributed by atoms with Gasteiger partial charge < -0.3 is 14.2 Å². The second kappa shape index (κ2) is 68.3. The van der Waals surface area contributed by atoms with Crippen LogP contribution in [0.25, 0.3) is 0 Å². The highest BCUT2D eigenvalue weighted by atomic mass is 16.6. The standard InChI is InChI=1S/C74H132O6/c1-4-7-10-13-16-19-22-25-28-30-32-34-36-37-39-40-42-44-46-49-52-55-58-61-64-67-73(76)79-70-71(69-78-72(75)66-63-60-57-54-51-48-27-24-21-18-15-12-9-6-3)80-74(77)68-65-62-59-56-53-50-47-45-43-41-38-35-33-31-29-26-23-20-17-14-11-8-5-2/h8,11,15,17-18,20,24,26-27,29,33,35,71H,4-7,9-10,12-14,16,19,21-23,25,28,30-32,34,36-70H2,1-3H3/b11-8-,18-15-,20-17-,27-24-,29-26-,35-33-. The molecule has 0 aliphatic carbocycles. The number of esters is 3. The Labute approximate surface area is 497 Å². The molecule has 0 amide bonds. The molecular weight excluding hydrogens is 985 g/mol. The van der Waals surface area contributed by atoms with Crippen molar-refractivity contribution in [2.24, 2.45) is 0 Å². The van der Waals surface area contributed by atoms with Crippen LogP contribution in [0.5, 0.6) is 0 Å². The number of unbranched alkanes of at least 4 members (excludes halogenated alkanes) is 41. The molecule has 0 aromatic carbocycles. The summed E-state index contributed by atoms with van der Waals surface area (Å²) in [6.45, 7) is 6.53. The summed E-state index contributed by atoms with van der Waals surface area (Å²) in [7, 11) is 0. The van der Waals surface area contributed by atoms with Gasteiger partial charge in [-0.15, -0.1) is 0 Å². The molecule has 1 atom stereocenters. The normalized spacial score (nSPS) is 12.5. The average molecular weight is 1120 g/mol. The lowest BCUT2D eigenvalue weighted by atomic mass is 10.0. The lowest BCUT2D eigenvalue weighted by molar-refractivity contribution is -0.167. The Bertz CT molecular complexity index is 1470. The molecule has 0 saturated heterocycles. The molecule has 80 heavy (non-hydrogen) atoms. The highest BCUT2D eigenvalue weighted by molar-refractivity contribution is 5.71. The molecule has 0 spiro atoms. The van der Waals surface area contributed by atoms with Crippen LogP contribution in [0.4, 0.5) is 0 Å². The minimum Gasteiger partial charge on any atom is -0.462 e. The van der Waals surface area contributed by atoms with Gasteiger partial charge in [-0.1, -0.05) is 331 Å². The number of ether oxygens (including phenoxy) is 3. The van der Waals surface area contributed by atoms with E-state index >= 15 is 0 Å². The number of hydrogen-bond donors (Lipinski definition) is 0.